The Labute approximate surface area is 130 Å². The molecule has 0 N–H and O–H groups in total. The van der Waals surface area contributed by atoms with Crippen molar-refractivity contribution >= 4 is 27.2 Å². The normalized spacial score (nSPS) is 41.1. The molecule has 1 aromatic rings. The van der Waals surface area contributed by atoms with Crippen LogP contribution in [0.4, 0.5) is 0 Å². The van der Waals surface area contributed by atoms with Crippen LogP contribution in [0.15, 0.2) is 16.7 Å². The van der Waals surface area contributed by atoms with E-state index in [0.717, 1.165) is 5.38 Å². The van der Waals surface area contributed by atoms with E-state index >= 15 is 0 Å². The fourth-order valence-electron chi connectivity index (χ4n) is 3.86. The molecule has 0 bridgehead atoms. The smallest absolute Gasteiger partial charge is 0.261 e. The summed E-state index contributed by atoms with van der Waals surface area (Å²) < 4.78 is 18.7. The highest BCUT2D eigenvalue weighted by Gasteiger charge is 2.43. The van der Waals surface area contributed by atoms with Crippen molar-refractivity contribution in [3.05, 3.63) is 12.3 Å². The van der Waals surface area contributed by atoms with Crippen LogP contribution in [0.1, 0.15) is 39.5 Å². The molecule has 118 valence electrons. The average molecular weight is 325 g/mol. The Kier molecular flexibility index (Phi) is 4.20. The van der Waals surface area contributed by atoms with E-state index in [-0.39, 0.29) is 0 Å². The first-order valence-corrected chi connectivity index (χ1v) is 13.6. The second-order valence-electron chi connectivity index (χ2n) is 7.30. The van der Waals surface area contributed by atoms with Crippen LogP contribution in [0.5, 0.6) is 0 Å². The van der Waals surface area contributed by atoms with Gasteiger partial charge in [0.2, 0.25) is 8.32 Å². The summed E-state index contributed by atoms with van der Waals surface area (Å²) >= 11 is 0. The van der Waals surface area contributed by atoms with Gasteiger partial charge < -0.3 is 13.3 Å². The number of hydrogen-bond donors (Lipinski definition) is 0. The van der Waals surface area contributed by atoms with E-state index in [1.807, 2.05) is 6.26 Å². The van der Waals surface area contributed by atoms with Gasteiger partial charge in [0.25, 0.3) is 8.32 Å². The van der Waals surface area contributed by atoms with Crippen molar-refractivity contribution in [2.24, 2.45) is 0 Å². The molecule has 0 amide bonds. The molecule has 3 heterocycles. The minimum atomic E-state index is -1.87. The van der Waals surface area contributed by atoms with Gasteiger partial charge in [0.1, 0.15) is 5.38 Å². The third-order valence-electron chi connectivity index (χ3n) is 5.18. The molecular weight excluding hydrogens is 296 g/mol. The Morgan fingerprint density at radius 2 is 1.52 bits per heavy atom. The van der Waals surface area contributed by atoms with E-state index in [1.54, 1.807) is 0 Å². The van der Waals surface area contributed by atoms with Gasteiger partial charge in [-0.05, 0) is 57.9 Å². The summed E-state index contributed by atoms with van der Waals surface area (Å²) in [5, 5.41) is 2.46. The molecule has 4 unspecified atom stereocenters. The molecule has 0 aromatic carbocycles. The van der Waals surface area contributed by atoms with E-state index in [9.17, 15) is 0 Å². The highest BCUT2D eigenvalue weighted by molar-refractivity contribution is 6.88. The fraction of sp³-hybridized carbons (Fsp3) is 0.750. The molecule has 21 heavy (non-hydrogen) atoms. The van der Waals surface area contributed by atoms with Crippen LogP contribution in [-0.4, -0.2) is 28.8 Å². The van der Waals surface area contributed by atoms with Gasteiger partial charge in [-0.2, -0.15) is 0 Å². The topological polar surface area (TPSA) is 31.6 Å². The molecule has 2 aliphatic rings. The molecule has 0 saturated carbocycles. The fourth-order valence-corrected chi connectivity index (χ4v) is 10.3. The van der Waals surface area contributed by atoms with Gasteiger partial charge in [-0.25, -0.2) is 0 Å². The van der Waals surface area contributed by atoms with Crippen molar-refractivity contribution in [3.63, 3.8) is 0 Å². The largest absolute Gasteiger partial charge is 0.471 e. The number of furan rings is 1. The van der Waals surface area contributed by atoms with E-state index in [4.69, 9.17) is 13.3 Å². The van der Waals surface area contributed by atoms with Gasteiger partial charge in [-0.15, -0.1) is 0 Å². The minimum Gasteiger partial charge on any atom is -0.471 e. The lowest BCUT2D eigenvalue weighted by atomic mass is 10.2. The van der Waals surface area contributed by atoms with Crippen molar-refractivity contribution in [2.75, 3.05) is 0 Å². The quantitative estimate of drug-likeness (QED) is 0.783. The Morgan fingerprint density at radius 1 is 0.952 bits per heavy atom. The van der Waals surface area contributed by atoms with Gasteiger partial charge in [0, 0.05) is 17.4 Å². The summed E-state index contributed by atoms with van der Waals surface area (Å²) in [6, 6.07) is 4.68. The zero-order chi connectivity index (χ0) is 15.1. The molecule has 2 aliphatic heterocycles. The number of hydrogen-bond acceptors (Lipinski definition) is 3. The molecule has 0 radical (unpaired) electrons. The van der Waals surface area contributed by atoms with Gasteiger partial charge >= 0.3 is 0 Å². The third-order valence-corrected chi connectivity index (χ3v) is 12.4. The van der Waals surface area contributed by atoms with Crippen LogP contribution in [0.2, 0.25) is 25.2 Å². The summed E-state index contributed by atoms with van der Waals surface area (Å²) in [4.78, 5) is 0. The van der Waals surface area contributed by atoms with Crippen molar-refractivity contribution < 1.29 is 13.3 Å². The molecule has 1 aromatic heterocycles. The molecule has 3 nitrogen and oxygen atoms in total. The zero-order valence-corrected chi connectivity index (χ0v) is 15.8. The van der Waals surface area contributed by atoms with Crippen LogP contribution in [0, 0.1) is 0 Å². The first-order valence-electron chi connectivity index (χ1n) is 8.36. The Morgan fingerprint density at radius 3 is 2.14 bits per heavy atom. The van der Waals surface area contributed by atoms with Crippen LogP contribution < -0.4 is 10.6 Å². The summed E-state index contributed by atoms with van der Waals surface area (Å²) in [5.74, 6) is 0. The van der Waals surface area contributed by atoms with Crippen LogP contribution >= 0.6 is 0 Å². The zero-order valence-electron chi connectivity index (χ0n) is 13.8. The van der Waals surface area contributed by atoms with E-state index in [2.05, 4.69) is 33.0 Å². The molecule has 3 rings (SSSR count). The van der Waals surface area contributed by atoms with Gasteiger partial charge in [-0.3, -0.25) is 0 Å². The molecule has 5 heteroatoms. The lowest BCUT2D eigenvalue weighted by Crippen LogP contribution is -2.54. The van der Waals surface area contributed by atoms with Crippen LogP contribution in [0.25, 0.3) is 0 Å². The first-order chi connectivity index (χ1) is 9.91. The molecule has 4 atom stereocenters. The molecule has 2 saturated heterocycles. The summed E-state index contributed by atoms with van der Waals surface area (Å²) in [5.41, 5.74) is 0. The SMILES string of the molecule is CC1CCC[Si](C)(c2coc([Si]3(C)CCCC(C)O3)c2)O1. The lowest BCUT2D eigenvalue weighted by Gasteiger charge is -2.35. The predicted molar refractivity (Wildman–Crippen MR) is 90.4 cm³/mol. The van der Waals surface area contributed by atoms with Gasteiger partial charge in [-0.1, -0.05) is 12.8 Å². The average Bonchev–Trinajstić information content (AvgIpc) is 2.89. The highest BCUT2D eigenvalue weighted by Crippen LogP contribution is 2.28. The van der Waals surface area contributed by atoms with Crippen molar-refractivity contribution in [1.29, 1.82) is 0 Å². The third kappa shape index (κ3) is 3.06. The van der Waals surface area contributed by atoms with E-state index in [0.29, 0.717) is 12.2 Å². The maximum absolute atomic E-state index is 6.37. The molecule has 2 fully saturated rings. The van der Waals surface area contributed by atoms with Crippen molar-refractivity contribution in [2.45, 2.75) is 76.9 Å². The second-order valence-corrected chi connectivity index (χ2v) is 14.8. The first kappa shape index (κ1) is 15.5. The van der Waals surface area contributed by atoms with Crippen molar-refractivity contribution in [1.82, 2.24) is 0 Å². The van der Waals surface area contributed by atoms with E-state index < -0.39 is 16.6 Å². The predicted octanol–water partition coefficient (Wildman–Crippen LogP) is 3.24. The second kappa shape index (κ2) is 5.68. The van der Waals surface area contributed by atoms with Crippen LogP contribution in [0.3, 0.4) is 0 Å². The molecular formula is C16H28O3Si2. The Hall–Kier alpha value is -0.366. The monoisotopic (exact) mass is 324 g/mol. The van der Waals surface area contributed by atoms with E-state index in [1.165, 1.54) is 43.0 Å². The maximum atomic E-state index is 6.37. The summed E-state index contributed by atoms with van der Waals surface area (Å²) in [7, 11) is -3.66. The Bertz CT molecular complexity index is 461. The van der Waals surface area contributed by atoms with Gasteiger partial charge in [0.05, 0.1) is 6.26 Å². The standard InChI is InChI=1S/C16H28O3Si2/c1-13-7-5-9-20(3,18-13)15-11-16(17-12-15)21(4)10-6-8-14(2)19-21/h11-14H,5-10H2,1-4H3. The summed E-state index contributed by atoms with van der Waals surface area (Å²) in [6.45, 7) is 9.04. The lowest BCUT2D eigenvalue weighted by molar-refractivity contribution is 0.180. The number of rotatable bonds is 2. The van der Waals surface area contributed by atoms with Crippen molar-refractivity contribution in [3.8, 4) is 0 Å². The summed E-state index contributed by atoms with van der Waals surface area (Å²) in [6.07, 6.45) is 7.68. The maximum Gasteiger partial charge on any atom is 0.261 e. The van der Waals surface area contributed by atoms with Crippen LogP contribution in [-0.2, 0) is 8.85 Å². The molecule has 0 spiro atoms. The van der Waals surface area contributed by atoms with Gasteiger partial charge in [0.15, 0.2) is 0 Å². The Balaban J connectivity index is 1.82. The molecule has 0 aliphatic carbocycles. The highest BCUT2D eigenvalue weighted by atomic mass is 28.4. The minimum absolute atomic E-state index is 0.378.